The van der Waals surface area contributed by atoms with Crippen LogP contribution in [0.15, 0.2) is 54.6 Å². The molecule has 0 aliphatic rings. The fourth-order valence-electron chi connectivity index (χ4n) is 2.28. The van der Waals surface area contributed by atoms with E-state index < -0.39 is 0 Å². The Labute approximate surface area is 123 Å². The molecule has 0 aromatic heterocycles. The lowest BCUT2D eigenvalue weighted by Crippen LogP contribution is -2.13. The molecule has 0 amide bonds. The summed E-state index contributed by atoms with van der Waals surface area (Å²) in [6, 6.07) is 19.0. The van der Waals surface area contributed by atoms with E-state index >= 15 is 0 Å². The molecule has 20 heavy (non-hydrogen) atoms. The zero-order chi connectivity index (χ0) is 14.0. The maximum atomic E-state index is 5.51. The van der Waals surface area contributed by atoms with Crippen molar-refractivity contribution in [2.45, 2.75) is 32.5 Å². The molecule has 0 spiro atoms. The molecule has 1 radical (unpaired) electrons. The second-order valence-corrected chi connectivity index (χ2v) is 4.94. The summed E-state index contributed by atoms with van der Waals surface area (Å²) in [5.41, 5.74) is 2.70. The average molecular weight is 265 g/mol. The number of ether oxygens (including phenoxy) is 1. The second kappa shape index (κ2) is 8.47. The van der Waals surface area contributed by atoms with Crippen LogP contribution in [-0.2, 0) is 6.42 Å². The third kappa shape index (κ3) is 5.12. The number of hydrogen-bond donors (Lipinski definition) is 0. The van der Waals surface area contributed by atoms with Crippen molar-refractivity contribution in [1.29, 1.82) is 0 Å². The van der Waals surface area contributed by atoms with Crippen molar-refractivity contribution in [3.63, 3.8) is 0 Å². The molecule has 0 atom stereocenters. The average Bonchev–Trinajstić information content (AvgIpc) is 2.49. The molecule has 1 nitrogen and oxygen atoms in total. The van der Waals surface area contributed by atoms with Crippen LogP contribution in [0.4, 0.5) is 0 Å². The molecule has 0 saturated carbocycles. The van der Waals surface area contributed by atoms with Crippen molar-refractivity contribution in [1.82, 2.24) is 0 Å². The first-order valence-corrected chi connectivity index (χ1v) is 7.48. The molecular formula is C18H22BO. The van der Waals surface area contributed by atoms with Crippen molar-refractivity contribution in [3.05, 3.63) is 60.2 Å². The number of aryl methyl sites for hydroxylation is 1. The summed E-state index contributed by atoms with van der Waals surface area (Å²) in [4.78, 5) is 0. The van der Waals surface area contributed by atoms with E-state index in [0.717, 1.165) is 18.7 Å². The zero-order valence-electron chi connectivity index (χ0n) is 12.2. The van der Waals surface area contributed by atoms with E-state index in [9.17, 15) is 0 Å². The Morgan fingerprint density at radius 1 is 0.950 bits per heavy atom. The van der Waals surface area contributed by atoms with Gasteiger partial charge in [-0.05, 0) is 37.5 Å². The van der Waals surface area contributed by atoms with E-state index in [1.54, 1.807) is 0 Å². The monoisotopic (exact) mass is 265 g/mol. The summed E-state index contributed by atoms with van der Waals surface area (Å²) >= 11 is 0. The lowest BCUT2D eigenvalue weighted by atomic mass is 9.66. The van der Waals surface area contributed by atoms with Crippen molar-refractivity contribution in [2.75, 3.05) is 6.61 Å². The van der Waals surface area contributed by atoms with Crippen LogP contribution in [0.25, 0.3) is 0 Å². The van der Waals surface area contributed by atoms with Gasteiger partial charge in [-0.25, -0.2) is 0 Å². The number of hydrogen-bond acceptors (Lipinski definition) is 1. The van der Waals surface area contributed by atoms with Gasteiger partial charge in [-0.1, -0.05) is 60.7 Å². The maximum Gasteiger partial charge on any atom is 0.151 e. The lowest BCUT2D eigenvalue weighted by molar-refractivity contribution is 0.340. The lowest BCUT2D eigenvalue weighted by Gasteiger charge is -2.05. The topological polar surface area (TPSA) is 9.23 Å². The van der Waals surface area contributed by atoms with Crippen LogP contribution >= 0.6 is 0 Å². The van der Waals surface area contributed by atoms with Gasteiger partial charge in [-0.3, -0.25) is 0 Å². The first-order chi connectivity index (χ1) is 9.88. The fraction of sp³-hybridized carbons (Fsp3) is 0.333. The van der Waals surface area contributed by atoms with E-state index in [-0.39, 0.29) is 0 Å². The van der Waals surface area contributed by atoms with Gasteiger partial charge in [0.15, 0.2) is 7.28 Å². The van der Waals surface area contributed by atoms with Crippen molar-refractivity contribution < 1.29 is 4.74 Å². The largest absolute Gasteiger partial charge is 0.494 e. The van der Waals surface area contributed by atoms with Crippen LogP contribution in [0.5, 0.6) is 5.75 Å². The van der Waals surface area contributed by atoms with Gasteiger partial charge in [0.25, 0.3) is 0 Å². The number of benzene rings is 2. The molecule has 0 N–H and O–H groups in total. The Balaban J connectivity index is 1.67. The Morgan fingerprint density at radius 3 is 2.60 bits per heavy atom. The first kappa shape index (κ1) is 14.7. The summed E-state index contributed by atoms with van der Waals surface area (Å²) < 4.78 is 5.51. The van der Waals surface area contributed by atoms with Gasteiger partial charge < -0.3 is 4.74 Å². The molecule has 0 saturated heterocycles. The predicted octanol–water partition coefficient (Wildman–Crippen LogP) is 3.86. The number of rotatable bonds is 8. The molecule has 0 aliphatic carbocycles. The van der Waals surface area contributed by atoms with E-state index in [2.05, 4.69) is 55.8 Å². The third-order valence-electron chi connectivity index (χ3n) is 3.31. The predicted molar refractivity (Wildman–Crippen MR) is 87.2 cm³/mol. The fourth-order valence-corrected chi connectivity index (χ4v) is 2.28. The van der Waals surface area contributed by atoms with Crippen LogP contribution in [0.3, 0.4) is 0 Å². The normalized spacial score (nSPS) is 10.2. The second-order valence-electron chi connectivity index (χ2n) is 4.94. The van der Waals surface area contributed by atoms with Crippen LogP contribution in [0, 0.1) is 0 Å². The Hall–Kier alpha value is -1.70. The van der Waals surface area contributed by atoms with E-state index in [0.29, 0.717) is 0 Å². The van der Waals surface area contributed by atoms with Gasteiger partial charge in [-0.2, -0.15) is 0 Å². The van der Waals surface area contributed by atoms with Crippen LogP contribution in [-0.4, -0.2) is 13.9 Å². The van der Waals surface area contributed by atoms with Crippen LogP contribution in [0.2, 0.25) is 6.32 Å². The molecule has 0 heterocycles. The van der Waals surface area contributed by atoms with Gasteiger partial charge >= 0.3 is 0 Å². The Morgan fingerprint density at radius 2 is 1.80 bits per heavy atom. The molecule has 0 bridgehead atoms. The zero-order valence-corrected chi connectivity index (χ0v) is 12.2. The standard InChI is InChI=1S/C18H22BO/c1-2-20-18-13-8-12-17(15-18)19-14-7-6-11-16-9-4-3-5-10-16/h3-5,8-10,12-13,15H,2,6-7,11,14H2,1H3. The molecule has 0 unspecified atom stereocenters. The summed E-state index contributed by atoms with van der Waals surface area (Å²) in [6.07, 6.45) is 4.77. The van der Waals surface area contributed by atoms with Gasteiger partial charge in [0.2, 0.25) is 0 Å². The SMILES string of the molecule is CCOc1cccc([B]CCCCc2ccccc2)c1. The number of unbranched alkanes of at least 4 members (excludes halogenated alkanes) is 1. The minimum atomic E-state index is 0.723. The summed E-state index contributed by atoms with van der Waals surface area (Å²) in [6.45, 7) is 2.74. The van der Waals surface area contributed by atoms with Gasteiger partial charge in [0.1, 0.15) is 5.75 Å². The van der Waals surface area contributed by atoms with E-state index in [1.807, 2.05) is 13.0 Å². The molecule has 103 valence electrons. The Bertz CT molecular complexity index is 496. The highest BCUT2D eigenvalue weighted by Gasteiger charge is 1.99. The quantitative estimate of drug-likeness (QED) is 0.520. The highest BCUT2D eigenvalue weighted by molar-refractivity contribution is 6.53. The highest BCUT2D eigenvalue weighted by atomic mass is 16.5. The van der Waals surface area contributed by atoms with Gasteiger partial charge in [0.05, 0.1) is 6.61 Å². The summed E-state index contributed by atoms with van der Waals surface area (Å²) in [7, 11) is 2.30. The molecule has 2 rings (SSSR count). The third-order valence-corrected chi connectivity index (χ3v) is 3.31. The molecule has 0 aliphatic heterocycles. The van der Waals surface area contributed by atoms with E-state index in [4.69, 9.17) is 4.74 Å². The van der Waals surface area contributed by atoms with Crippen LogP contribution < -0.4 is 10.2 Å². The maximum absolute atomic E-state index is 5.51. The smallest absolute Gasteiger partial charge is 0.151 e. The summed E-state index contributed by atoms with van der Waals surface area (Å²) in [5, 5.41) is 0. The van der Waals surface area contributed by atoms with Gasteiger partial charge in [-0.15, -0.1) is 0 Å². The van der Waals surface area contributed by atoms with Crippen LogP contribution in [0.1, 0.15) is 25.3 Å². The first-order valence-electron chi connectivity index (χ1n) is 7.48. The van der Waals surface area contributed by atoms with Crippen molar-refractivity contribution in [3.8, 4) is 5.75 Å². The molecule has 2 aromatic carbocycles. The van der Waals surface area contributed by atoms with Crippen molar-refractivity contribution >= 4 is 12.7 Å². The minimum absolute atomic E-state index is 0.723. The van der Waals surface area contributed by atoms with Crippen molar-refractivity contribution in [2.24, 2.45) is 0 Å². The molecule has 0 fully saturated rings. The summed E-state index contributed by atoms with van der Waals surface area (Å²) in [5.74, 6) is 0.963. The molecule has 2 heteroatoms. The Kier molecular flexibility index (Phi) is 6.23. The van der Waals surface area contributed by atoms with Gasteiger partial charge in [0, 0.05) is 0 Å². The molecule has 2 aromatic rings. The van der Waals surface area contributed by atoms with E-state index in [1.165, 1.54) is 30.3 Å². The highest BCUT2D eigenvalue weighted by Crippen LogP contribution is 2.08. The minimum Gasteiger partial charge on any atom is -0.494 e. The molecular weight excluding hydrogens is 243 g/mol.